The highest BCUT2D eigenvalue weighted by atomic mass is 79.9. The topological polar surface area (TPSA) is 9.23 Å². The predicted molar refractivity (Wildman–Crippen MR) is 78.3 cm³/mol. The molecule has 0 atom stereocenters. The standard InChI is InChI=1S/C13H8Br2ClFO/c14-7-9-11(17)2-1-3-12(9)18-13-6-8(15)4-5-10(13)16/h1-6H,7H2. The van der Waals surface area contributed by atoms with Crippen LogP contribution >= 0.6 is 43.5 Å². The van der Waals surface area contributed by atoms with Crippen molar-refractivity contribution in [3.63, 3.8) is 0 Å². The molecule has 0 bridgehead atoms. The van der Waals surface area contributed by atoms with Gasteiger partial charge in [0.05, 0.1) is 5.02 Å². The number of rotatable bonds is 3. The SMILES string of the molecule is Fc1cccc(Oc2cc(Br)ccc2Cl)c1CBr. The highest BCUT2D eigenvalue weighted by Crippen LogP contribution is 2.34. The maximum atomic E-state index is 13.6. The lowest BCUT2D eigenvalue weighted by molar-refractivity contribution is 0.470. The van der Waals surface area contributed by atoms with Crippen LogP contribution in [0.25, 0.3) is 0 Å². The van der Waals surface area contributed by atoms with Crippen LogP contribution in [0.1, 0.15) is 5.56 Å². The van der Waals surface area contributed by atoms with Gasteiger partial charge >= 0.3 is 0 Å². The maximum absolute atomic E-state index is 13.6. The van der Waals surface area contributed by atoms with Crippen LogP contribution in [0.15, 0.2) is 40.9 Å². The van der Waals surface area contributed by atoms with E-state index in [1.807, 2.05) is 6.07 Å². The average molecular weight is 394 g/mol. The van der Waals surface area contributed by atoms with Crippen molar-refractivity contribution in [1.29, 1.82) is 0 Å². The van der Waals surface area contributed by atoms with Gasteiger partial charge in [-0.2, -0.15) is 0 Å². The van der Waals surface area contributed by atoms with Crippen molar-refractivity contribution < 1.29 is 9.13 Å². The third-order valence-electron chi connectivity index (χ3n) is 2.32. The van der Waals surface area contributed by atoms with Crippen LogP contribution in [0.2, 0.25) is 5.02 Å². The second-order valence-electron chi connectivity index (χ2n) is 3.53. The molecule has 0 aliphatic carbocycles. The van der Waals surface area contributed by atoms with E-state index in [4.69, 9.17) is 16.3 Å². The Bertz CT molecular complexity index is 575. The van der Waals surface area contributed by atoms with Crippen molar-refractivity contribution in [2.24, 2.45) is 0 Å². The molecule has 0 spiro atoms. The third-order valence-corrected chi connectivity index (χ3v) is 3.69. The molecular formula is C13H8Br2ClFO. The van der Waals surface area contributed by atoms with E-state index < -0.39 is 0 Å². The first-order valence-corrected chi connectivity index (χ1v) is 7.37. The van der Waals surface area contributed by atoms with Crippen LogP contribution in [0, 0.1) is 5.82 Å². The summed E-state index contributed by atoms with van der Waals surface area (Å²) in [6, 6.07) is 9.97. The molecule has 0 unspecified atom stereocenters. The molecule has 2 aromatic rings. The molecule has 5 heteroatoms. The first-order valence-electron chi connectivity index (χ1n) is 5.08. The highest BCUT2D eigenvalue weighted by molar-refractivity contribution is 9.10. The van der Waals surface area contributed by atoms with E-state index in [-0.39, 0.29) is 5.82 Å². The van der Waals surface area contributed by atoms with E-state index in [1.165, 1.54) is 6.07 Å². The summed E-state index contributed by atoms with van der Waals surface area (Å²) in [7, 11) is 0. The monoisotopic (exact) mass is 392 g/mol. The van der Waals surface area contributed by atoms with Crippen molar-refractivity contribution in [2.75, 3.05) is 0 Å². The number of halogens is 4. The lowest BCUT2D eigenvalue weighted by Gasteiger charge is -2.11. The van der Waals surface area contributed by atoms with Gasteiger partial charge < -0.3 is 4.74 Å². The first kappa shape index (κ1) is 13.8. The fraction of sp³-hybridized carbons (Fsp3) is 0.0769. The minimum absolute atomic E-state index is 0.310. The number of hydrogen-bond acceptors (Lipinski definition) is 1. The molecule has 0 radical (unpaired) electrons. The molecule has 0 heterocycles. The van der Waals surface area contributed by atoms with Crippen LogP contribution in [-0.2, 0) is 5.33 Å². The lowest BCUT2D eigenvalue weighted by atomic mass is 10.2. The van der Waals surface area contributed by atoms with E-state index >= 15 is 0 Å². The second-order valence-corrected chi connectivity index (χ2v) is 5.41. The minimum Gasteiger partial charge on any atom is -0.455 e. The summed E-state index contributed by atoms with van der Waals surface area (Å²) in [6.45, 7) is 0. The zero-order valence-electron chi connectivity index (χ0n) is 9.09. The van der Waals surface area contributed by atoms with Crippen molar-refractivity contribution in [2.45, 2.75) is 5.33 Å². The van der Waals surface area contributed by atoms with Crippen molar-refractivity contribution in [3.05, 3.63) is 57.3 Å². The fourth-order valence-electron chi connectivity index (χ4n) is 1.44. The molecule has 0 N–H and O–H groups in total. The maximum Gasteiger partial charge on any atom is 0.147 e. The quantitative estimate of drug-likeness (QED) is 0.587. The molecule has 0 amide bonds. The molecule has 0 aliphatic rings. The number of ether oxygens (including phenoxy) is 1. The number of alkyl halides is 1. The van der Waals surface area contributed by atoms with Crippen molar-refractivity contribution in [1.82, 2.24) is 0 Å². The summed E-state index contributed by atoms with van der Waals surface area (Å²) in [4.78, 5) is 0. The van der Waals surface area contributed by atoms with Crippen molar-refractivity contribution in [3.8, 4) is 11.5 Å². The zero-order chi connectivity index (χ0) is 13.1. The third kappa shape index (κ3) is 3.05. The molecule has 0 fully saturated rings. The Morgan fingerprint density at radius 1 is 1.17 bits per heavy atom. The van der Waals surface area contributed by atoms with E-state index in [9.17, 15) is 4.39 Å². The van der Waals surface area contributed by atoms with E-state index in [0.717, 1.165) is 4.47 Å². The van der Waals surface area contributed by atoms with Gasteiger partial charge in [-0.25, -0.2) is 4.39 Å². The first-order chi connectivity index (χ1) is 8.61. The fourth-order valence-corrected chi connectivity index (χ4v) is 2.48. The van der Waals surface area contributed by atoms with Gasteiger partial charge in [-0.1, -0.05) is 49.5 Å². The van der Waals surface area contributed by atoms with Crippen LogP contribution in [0.5, 0.6) is 11.5 Å². The molecule has 2 aromatic carbocycles. The van der Waals surface area contributed by atoms with Gasteiger partial charge in [0.15, 0.2) is 0 Å². The molecule has 2 rings (SSSR count). The van der Waals surface area contributed by atoms with Crippen LogP contribution in [-0.4, -0.2) is 0 Å². The average Bonchev–Trinajstić information content (AvgIpc) is 2.34. The van der Waals surface area contributed by atoms with Crippen LogP contribution < -0.4 is 4.74 Å². The van der Waals surface area contributed by atoms with Gasteiger partial charge in [0.25, 0.3) is 0 Å². The van der Waals surface area contributed by atoms with Gasteiger partial charge in [-0.05, 0) is 30.3 Å². The molecule has 0 aliphatic heterocycles. The van der Waals surface area contributed by atoms with Gasteiger partial charge in [0.1, 0.15) is 17.3 Å². The minimum atomic E-state index is -0.310. The molecule has 0 saturated heterocycles. The second kappa shape index (κ2) is 6.04. The van der Waals surface area contributed by atoms with Gasteiger partial charge in [0.2, 0.25) is 0 Å². The molecule has 0 saturated carbocycles. The Hall–Kier alpha value is -0.580. The lowest BCUT2D eigenvalue weighted by Crippen LogP contribution is -1.93. The van der Waals surface area contributed by atoms with E-state index in [1.54, 1.807) is 24.3 Å². The normalized spacial score (nSPS) is 10.4. The van der Waals surface area contributed by atoms with Gasteiger partial charge in [0, 0.05) is 15.4 Å². The van der Waals surface area contributed by atoms with Crippen molar-refractivity contribution >= 4 is 43.5 Å². The Labute approximate surface area is 126 Å². The van der Waals surface area contributed by atoms with Crippen LogP contribution in [0.3, 0.4) is 0 Å². The molecule has 0 aromatic heterocycles. The Morgan fingerprint density at radius 2 is 1.94 bits per heavy atom. The Kier molecular flexibility index (Phi) is 4.65. The largest absolute Gasteiger partial charge is 0.455 e. The molecule has 1 nitrogen and oxygen atoms in total. The van der Waals surface area contributed by atoms with Crippen LogP contribution in [0.4, 0.5) is 4.39 Å². The van der Waals surface area contributed by atoms with Gasteiger partial charge in [-0.15, -0.1) is 0 Å². The van der Waals surface area contributed by atoms with Gasteiger partial charge in [-0.3, -0.25) is 0 Å². The molecule has 18 heavy (non-hydrogen) atoms. The van der Waals surface area contributed by atoms with E-state index in [2.05, 4.69) is 31.9 Å². The number of hydrogen-bond donors (Lipinski definition) is 0. The zero-order valence-corrected chi connectivity index (χ0v) is 13.0. The Balaban J connectivity index is 2.40. The van der Waals surface area contributed by atoms with E-state index in [0.29, 0.717) is 27.4 Å². The summed E-state index contributed by atoms with van der Waals surface area (Å²) in [5, 5.41) is 0.851. The predicted octanol–water partition coefficient (Wildman–Crippen LogP) is 5.93. The molecular weight excluding hydrogens is 386 g/mol. The molecule has 94 valence electrons. The smallest absolute Gasteiger partial charge is 0.147 e. The summed E-state index contributed by atoms with van der Waals surface area (Å²) in [5.74, 6) is 0.626. The Morgan fingerprint density at radius 3 is 2.67 bits per heavy atom. The summed E-state index contributed by atoms with van der Waals surface area (Å²) < 4.78 is 20.1. The highest BCUT2D eigenvalue weighted by Gasteiger charge is 2.11. The summed E-state index contributed by atoms with van der Waals surface area (Å²) in [6.07, 6.45) is 0. The summed E-state index contributed by atoms with van der Waals surface area (Å²) >= 11 is 12.6. The summed E-state index contributed by atoms with van der Waals surface area (Å²) in [5.41, 5.74) is 0.466. The number of benzene rings is 2.